The Morgan fingerprint density at radius 1 is 1.10 bits per heavy atom. The predicted octanol–water partition coefficient (Wildman–Crippen LogP) is 4.60. The maximum absolute atomic E-state index is 13.9. The first-order chi connectivity index (χ1) is 13.9. The van der Waals surface area contributed by atoms with Gasteiger partial charge in [-0.25, -0.2) is 12.4 Å². The number of para-hydroxylation sites is 1. The summed E-state index contributed by atoms with van der Waals surface area (Å²) < 4.78 is 29.3. The van der Waals surface area contributed by atoms with E-state index in [2.05, 4.69) is 17.6 Å². The van der Waals surface area contributed by atoms with Gasteiger partial charge in [-0.15, -0.1) is 0 Å². The molecule has 1 unspecified atom stereocenters. The molecule has 0 saturated heterocycles. The fourth-order valence-corrected chi connectivity index (χ4v) is 6.32. The Kier molecular flexibility index (Phi) is 4.09. The van der Waals surface area contributed by atoms with Crippen molar-refractivity contribution in [2.75, 3.05) is 13.1 Å². The second kappa shape index (κ2) is 6.44. The van der Waals surface area contributed by atoms with Gasteiger partial charge in [-0.3, -0.25) is 4.90 Å². The summed E-state index contributed by atoms with van der Waals surface area (Å²) in [5, 5.41) is 1.03. The van der Waals surface area contributed by atoms with Crippen molar-refractivity contribution in [3.05, 3.63) is 89.2 Å². The molecule has 3 aromatic rings. The third-order valence-electron chi connectivity index (χ3n) is 6.14. The highest BCUT2D eigenvalue weighted by atomic mass is 32.2. The number of hydrogen-bond acceptors (Lipinski definition) is 3. The van der Waals surface area contributed by atoms with Gasteiger partial charge in [-0.2, -0.15) is 0 Å². The molecule has 0 spiro atoms. The van der Waals surface area contributed by atoms with Crippen molar-refractivity contribution < 1.29 is 8.42 Å². The Hall–Kier alpha value is -2.63. The van der Waals surface area contributed by atoms with E-state index in [9.17, 15) is 8.42 Å². The van der Waals surface area contributed by atoms with Gasteiger partial charge in [0.1, 0.15) is 0 Å². The van der Waals surface area contributed by atoms with Crippen LogP contribution < -0.4 is 0 Å². The Labute approximate surface area is 171 Å². The molecule has 1 aromatic heterocycles. The Morgan fingerprint density at radius 2 is 1.83 bits per heavy atom. The van der Waals surface area contributed by atoms with E-state index in [4.69, 9.17) is 0 Å². The molecule has 29 heavy (non-hydrogen) atoms. The number of rotatable bonds is 3. The van der Waals surface area contributed by atoms with Crippen molar-refractivity contribution in [2.24, 2.45) is 0 Å². The zero-order valence-electron chi connectivity index (χ0n) is 16.7. The minimum atomic E-state index is -3.74. The second-order valence-electron chi connectivity index (χ2n) is 8.05. The van der Waals surface area contributed by atoms with Crippen molar-refractivity contribution in [1.82, 2.24) is 8.87 Å². The number of hydrogen-bond donors (Lipinski definition) is 0. The number of nitrogens with zero attached hydrogens (tertiary/aromatic N) is 2. The molecule has 0 radical (unpaired) electrons. The molecule has 0 amide bonds. The zero-order chi connectivity index (χ0) is 20.3. The van der Waals surface area contributed by atoms with Crippen molar-refractivity contribution >= 4 is 20.9 Å². The third-order valence-corrected chi connectivity index (χ3v) is 7.88. The molecular formula is C24H24N2O2S. The molecule has 2 aliphatic rings. The van der Waals surface area contributed by atoms with Crippen LogP contribution in [0.25, 0.3) is 10.9 Å². The summed E-state index contributed by atoms with van der Waals surface area (Å²) in [5.41, 5.74) is 5.95. The smallest absolute Gasteiger partial charge is 0.268 e. The molecule has 148 valence electrons. The second-order valence-corrected chi connectivity index (χ2v) is 9.84. The van der Waals surface area contributed by atoms with Crippen LogP contribution in [-0.4, -0.2) is 30.4 Å². The van der Waals surface area contributed by atoms with Crippen LogP contribution in [0.5, 0.6) is 0 Å². The molecular weight excluding hydrogens is 380 g/mol. The average Bonchev–Trinajstić information content (AvgIpc) is 3.27. The van der Waals surface area contributed by atoms with Crippen molar-refractivity contribution in [3.8, 4) is 0 Å². The summed E-state index contributed by atoms with van der Waals surface area (Å²) in [6.07, 6.45) is 3.04. The van der Waals surface area contributed by atoms with Gasteiger partial charge < -0.3 is 0 Å². The maximum atomic E-state index is 13.9. The summed E-state index contributed by atoms with van der Waals surface area (Å²) >= 11 is 0. The predicted molar refractivity (Wildman–Crippen MR) is 117 cm³/mol. The van der Waals surface area contributed by atoms with Gasteiger partial charge in [0.05, 0.1) is 22.1 Å². The molecule has 0 bridgehead atoms. The molecule has 0 aliphatic carbocycles. The highest BCUT2D eigenvalue weighted by molar-refractivity contribution is 7.90. The van der Waals surface area contributed by atoms with E-state index < -0.39 is 10.0 Å². The van der Waals surface area contributed by atoms with Crippen LogP contribution in [0, 0.1) is 6.92 Å². The maximum Gasteiger partial charge on any atom is 0.268 e. The van der Waals surface area contributed by atoms with Crippen molar-refractivity contribution in [1.29, 1.82) is 0 Å². The lowest BCUT2D eigenvalue weighted by molar-refractivity contribution is 0.252. The van der Waals surface area contributed by atoms with E-state index >= 15 is 0 Å². The quantitative estimate of drug-likeness (QED) is 0.641. The van der Waals surface area contributed by atoms with E-state index in [1.807, 2.05) is 50.2 Å². The van der Waals surface area contributed by atoms with Crippen molar-refractivity contribution in [2.45, 2.75) is 31.2 Å². The lowest BCUT2D eigenvalue weighted by Gasteiger charge is -2.33. The first kappa shape index (κ1) is 18.4. The van der Waals surface area contributed by atoms with Crippen molar-refractivity contribution in [3.63, 3.8) is 0 Å². The Morgan fingerprint density at radius 3 is 2.55 bits per heavy atom. The molecule has 0 N–H and O–H groups in total. The first-order valence-electron chi connectivity index (χ1n) is 9.94. The fraction of sp³-hybridized carbons (Fsp3) is 0.250. The minimum Gasteiger partial charge on any atom is -0.287 e. The molecule has 2 aromatic carbocycles. The minimum absolute atomic E-state index is 0.0659. The summed E-state index contributed by atoms with van der Waals surface area (Å²) in [4.78, 5) is 2.68. The molecule has 3 heterocycles. The number of benzene rings is 2. The molecule has 4 nitrogen and oxygen atoms in total. The van der Waals surface area contributed by atoms with Crippen LogP contribution in [0.1, 0.15) is 29.8 Å². The number of fused-ring (bicyclic) bond motifs is 5. The zero-order valence-corrected chi connectivity index (χ0v) is 17.5. The number of aryl methyl sites for hydroxylation is 1. The lowest BCUT2D eigenvalue weighted by Crippen LogP contribution is -2.35. The number of aromatic nitrogens is 1. The van der Waals surface area contributed by atoms with Gasteiger partial charge in [0, 0.05) is 18.5 Å². The summed E-state index contributed by atoms with van der Waals surface area (Å²) in [5.74, 6) is 0. The summed E-state index contributed by atoms with van der Waals surface area (Å²) in [6, 6.07) is 14.9. The van der Waals surface area contributed by atoms with Crippen LogP contribution in [0.2, 0.25) is 0 Å². The average molecular weight is 405 g/mol. The largest absolute Gasteiger partial charge is 0.287 e. The van der Waals surface area contributed by atoms with E-state index in [0.717, 1.165) is 58.4 Å². The van der Waals surface area contributed by atoms with Gasteiger partial charge in [-0.1, -0.05) is 54.1 Å². The van der Waals surface area contributed by atoms with E-state index in [0.29, 0.717) is 4.90 Å². The molecule has 2 aliphatic heterocycles. The lowest BCUT2D eigenvalue weighted by atomic mass is 9.92. The molecule has 1 atom stereocenters. The monoisotopic (exact) mass is 404 g/mol. The van der Waals surface area contributed by atoms with Crippen LogP contribution in [-0.2, 0) is 16.4 Å². The van der Waals surface area contributed by atoms with Gasteiger partial charge in [0.15, 0.2) is 0 Å². The molecule has 0 saturated carbocycles. The topological polar surface area (TPSA) is 42.3 Å². The highest BCUT2D eigenvalue weighted by Gasteiger charge is 2.40. The van der Waals surface area contributed by atoms with E-state index in [1.165, 1.54) is 0 Å². The summed E-state index contributed by atoms with van der Waals surface area (Å²) in [6.45, 7) is 9.88. The fourth-order valence-electron chi connectivity index (χ4n) is 4.74. The van der Waals surface area contributed by atoms with Crippen LogP contribution in [0.4, 0.5) is 0 Å². The first-order valence-corrected chi connectivity index (χ1v) is 11.4. The van der Waals surface area contributed by atoms with E-state index in [-0.39, 0.29) is 6.04 Å². The van der Waals surface area contributed by atoms with E-state index in [1.54, 1.807) is 16.1 Å². The normalized spacial score (nSPS) is 19.1. The third kappa shape index (κ3) is 2.65. The van der Waals surface area contributed by atoms with Gasteiger partial charge >= 0.3 is 0 Å². The Bertz CT molecular complexity index is 1280. The SMILES string of the molecule is C=C(C)C1=CCN2CCc3c(n(S(=O)(=O)c4ccc(C)cc4)c4ccccc34)C12. The van der Waals surface area contributed by atoms with Gasteiger partial charge in [0.2, 0.25) is 0 Å². The summed E-state index contributed by atoms with van der Waals surface area (Å²) in [7, 11) is -3.74. The molecule has 5 heteroatoms. The van der Waals surface area contributed by atoms with Crippen LogP contribution in [0.3, 0.4) is 0 Å². The van der Waals surface area contributed by atoms with Gasteiger partial charge in [0.25, 0.3) is 10.0 Å². The standard InChI is InChI=1S/C24H24N2O2S/c1-16(2)19-12-14-25-15-13-21-20-6-4-5-7-22(20)26(24(21)23(19)25)29(27,28)18-10-8-17(3)9-11-18/h4-12,23H,1,13-15H2,2-3H3. The molecule has 0 fully saturated rings. The van der Waals surface area contributed by atoms with Crippen LogP contribution in [0.15, 0.2) is 77.2 Å². The van der Waals surface area contributed by atoms with Gasteiger partial charge in [-0.05, 0) is 49.6 Å². The molecule has 5 rings (SSSR count). The van der Waals surface area contributed by atoms with Crippen LogP contribution >= 0.6 is 0 Å². The Balaban J connectivity index is 1.84. The highest BCUT2D eigenvalue weighted by Crippen LogP contribution is 2.45.